The predicted octanol–water partition coefficient (Wildman–Crippen LogP) is 2.54. The van der Waals surface area contributed by atoms with Crippen LogP contribution >= 0.6 is 22.9 Å². The maximum Gasteiger partial charge on any atom is 0.246 e. The molecule has 0 aromatic carbocycles. The molecule has 17 heavy (non-hydrogen) atoms. The number of thiazole rings is 1. The van der Waals surface area contributed by atoms with Crippen molar-refractivity contribution in [1.82, 2.24) is 14.3 Å². The Kier molecular flexibility index (Phi) is 3.49. The number of imidazole rings is 1. The van der Waals surface area contributed by atoms with E-state index >= 15 is 0 Å². The maximum absolute atomic E-state index is 11.6. The second-order valence-corrected chi connectivity index (χ2v) is 4.76. The lowest BCUT2D eigenvalue weighted by Crippen LogP contribution is -2.23. The summed E-state index contributed by atoms with van der Waals surface area (Å²) in [5.41, 5.74) is 0.737. The Morgan fingerprint density at radius 1 is 1.71 bits per heavy atom. The molecular formula is C11H12ClN3OS. The molecule has 0 N–H and O–H groups in total. The first-order valence-electron chi connectivity index (χ1n) is 5.17. The molecule has 0 radical (unpaired) electrons. The third kappa shape index (κ3) is 2.35. The average molecular weight is 270 g/mol. The molecule has 4 nitrogen and oxygen atoms in total. The minimum Gasteiger partial charge on any atom is -0.343 e. The number of halogens is 1. The quantitative estimate of drug-likeness (QED) is 0.803. The van der Waals surface area contributed by atoms with Crippen LogP contribution in [0.4, 0.5) is 0 Å². The zero-order chi connectivity index (χ0) is 12.4. The molecule has 0 saturated heterocycles. The van der Waals surface area contributed by atoms with Crippen molar-refractivity contribution in [3.05, 3.63) is 28.5 Å². The first kappa shape index (κ1) is 12.1. The van der Waals surface area contributed by atoms with Gasteiger partial charge in [-0.25, -0.2) is 4.98 Å². The van der Waals surface area contributed by atoms with Gasteiger partial charge < -0.3 is 4.90 Å². The summed E-state index contributed by atoms with van der Waals surface area (Å²) in [5, 5.41) is 2.34. The fourth-order valence-corrected chi connectivity index (χ4v) is 2.36. The molecule has 0 aliphatic heterocycles. The van der Waals surface area contributed by atoms with Gasteiger partial charge >= 0.3 is 0 Å². The number of carbonyl (C=O) groups is 1. The van der Waals surface area contributed by atoms with Crippen LogP contribution in [0.2, 0.25) is 5.15 Å². The van der Waals surface area contributed by atoms with Crippen LogP contribution in [0.1, 0.15) is 12.6 Å². The van der Waals surface area contributed by atoms with Crippen molar-refractivity contribution in [3.63, 3.8) is 0 Å². The molecule has 0 unspecified atom stereocenters. The van der Waals surface area contributed by atoms with Crippen molar-refractivity contribution in [2.24, 2.45) is 0 Å². The lowest BCUT2D eigenvalue weighted by Gasteiger charge is -2.10. The third-order valence-corrected chi connectivity index (χ3v) is 3.52. The molecule has 0 spiro atoms. The Balaban J connectivity index is 2.29. The summed E-state index contributed by atoms with van der Waals surface area (Å²) in [6.45, 7) is 2.60. The molecular weight excluding hydrogens is 258 g/mol. The largest absolute Gasteiger partial charge is 0.343 e. The van der Waals surface area contributed by atoms with Crippen molar-refractivity contribution in [2.75, 3.05) is 13.6 Å². The fraction of sp³-hybridized carbons (Fsp3) is 0.273. The molecule has 6 heteroatoms. The molecule has 0 atom stereocenters. The van der Waals surface area contributed by atoms with E-state index in [2.05, 4.69) is 4.98 Å². The molecule has 2 aromatic rings. The second kappa shape index (κ2) is 4.89. The molecule has 2 aromatic heterocycles. The number of likely N-dealkylation sites (N-methyl/N-ethyl adjacent to an activating group) is 1. The van der Waals surface area contributed by atoms with Crippen LogP contribution in [0.3, 0.4) is 0 Å². The Morgan fingerprint density at radius 2 is 2.47 bits per heavy atom. The van der Waals surface area contributed by atoms with Gasteiger partial charge in [-0.15, -0.1) is 11.3 Å². The first-order chi connectivity index (χ1) is 8.13. The van der Waals surface area contributed by atoms with Crippen molar-refractivity contribution in [3.8, 4) is 0 Å². The van der Waals surface area contributed by atoms with Crippen molar-refractivity contribution < 1.29 is 4.79 Å². The van der Waals surface area contributed by atoms with Crippen molar-refractivity contribution in [1.29, 1.82) is 0 Å². The van der Waals surface area contributed by atoms with Gasteiger partial charge in [-0.1, -0.05) is 11.6 Å². The van der Waals surface area contributed by atoms with Gasteiger partial charge in [0, 0.05) is 31.2 Å². The van der Waals surface area contributed by atoms with E-state index in [9.17, 15) is 4.79 Å². The van der Waals surface area contributed by atoms with Crippen LogP contribution in [-0.2, 0) is 4.79 Å². The summed E-state index contributed by atoms with van der Waals surface area (Å²) in [5.74, 6) is -0.0475. The van der Waals surface area contributed by atoms with E-state index in [4.69, 9.17) is 11.6 Å². The number of aromatic nitrogens is 2. The van der Waals surface area contributed by atoms with Gasteiger partial charge in [-0.3, -0.25) is 9.20 Å². The summed E-state index contributed by atoms with van der Waals surface area (Å²) in [6.07, 6.45) is 5.09. The van der Waals surface area contributed by atoms with Crippen LogP contribution < -0.4 is 0 Å². The highest BCUT2D eigenvalue weighted by atomic mass is 35.5. The smallest absolute Gasteiger partial charge is 0.246 e. The van der Waals surface area contributed by atoms with Gasteiger partial charge in [0.15, 0.2) is 10.1 Å². The number of amides is 1. The second-order valence-electron chi connectivity index (χ2n) is 3.53. The van der Waals surface area contributed by atoms with Gasteiger partial charge in [0.05, 0.1) is 5.69 Å². The number of rotatable bonds is 3. The number of fused-ring (bicyclic) bond motifs is 1. The standard InChI is InChI=1S/C11H12ClN3OS/c1-3-14(2)9(16)5-4-8-10(12)13-11-15(8)6-7-17-11/h4-7H,3H2,1-2H3/b5-4+. The topological polar surface area (TPSA) is 37.6 Å². The van der Waals surface area contributed by atoms with E-state index in [0.717, 1.165) is 10.7 Å². The highest BCUT2D eigenvalue weighted by Gasteiger charge is 2.09. The summed E-state index contributed by atoms with van der Waals surface area (Å²) in [6, 6.07) is 0. The Morgan fingerprint density at radius 3 is 3.18 bits per heavy atom. The number of nitrogens with zero attached hydrogens (tertiary/aromatic N) is 3. The zero-order valence-electron chi connectivity index (χ0n) is 9.55. The normalized spacial score (nSPS) is 11.5. The first-order valence-corrected chi connectivity index (χ1v) is 6.43. The fourth-order valence-electron chi connectivity index (χ4n) is 1.36. The van der Waals surface area contributed by atoms with Gasteiger partial charge in [-0.05, 0) is 13.0 Å². The van der Waals surface area contributed by atoms with E-state index in [1.54, 1.807) is 18.0 Å². The molecule has 90 valence electrons. The summed E-state index contributed by atoms with van der Waals surface area (Å²) in [4.78, 5) is 18.3. The highest BCUT2D eigenvalue weighted by molar-refractivity contribution is 7.15. The molecule has 0 bridgehead atoms. The van der Waals surface area contributed by atoms with Gasteiger partial charge in [0.1, 0.15) is 0 Å². The number of carbonyl (C=O) groups excluding carboxylic acids is 1. The van der Waals surface area contributed by atoms with E-state index in [1.807, 2.05) is 22.9 Å². The lowest BCUT2D eigenvalue weighted by atomic mass is 10.3. The maximum atomic E-state index is 11.6. The van der Waals surface area contributed by atoms with E-state index in [1.165, 1.54) is 17.4 Å². The highest BCUT2D eigenvalue weighted by Crippen LogP contribution is 2.22. The summed E-state index contributed by atoms with van der Waals surface area (Å²) in [7, 11) is 1.75. The lowest BCUT2D eigenvalue weighted by molar-refractivity contribution is -0.124. The van der Waals surface area contributed by atoms with Gasteiger partial charge in [-0.2, -0.15) is 0 Å². The average Bonchev–Trinajstić information content (AvgIpc) is 2.86. The predicted molar refractivity (Wildman–Crippen MR) is 70.4 cm³/mol. The number of hydrogen-bond acceptors (Lipinski definition) is 3. The van der Waals surface area contributed by atoms with Crippen LogP contribution in [-0.4, -0.2) is 33.8 Å². The molecule has 1 amide bonds. The Bertz CT molecular complexity index is 572. The monoisotopic (exact) mass is 269 g/mol. The molecule has 0 aliphatic rings. The molecule has 2 heterocycles. The van der Waals surface area contributed by atoms with Crippen LogP contribution in [0.25, 0.3) is 11.0 Å². The van der Waals surface area contributed by atoms with Crippen LogP contribution in [0, 0.1) is 0 Å². The molecule has 2 rings (SSSR count). The van der Waals surface area contributed by atoms with Crippen molar-refractivity contribution >= 4 is 39.9 Å². The SMILES string of the molecule is CCN(C)C(=O)/C=C/c1c(Cl)nc2sccn12. The third-order valence-electron chi connectivity index (χ3n) is 2.49. The summed E-state index contributed by atoms with van der Waals surface area (Å²) < 4.78 is 1.86. The van der Waals surface area contributed by atoms with Crippen LogP contribution in [0.15, 0.2) is 17.7 Å². The van der Waals surface area contributed by atoms with E-state index in [0.29, 0.717) is 11.7 Å². The van der Waals surface area contributed by atoms with Crippen molar-refractivity contribution in [2.45, 2.75) is 6.92 Å². The number of hydrogen-bond donors (Lipinski definition) is 0. The van der Waals surface area contributed by atoms with Gasteiger partial charge in [0.2, 0.25) is 5.91 Å². The minimum absolute atomic E-state index is 0.0475. The molecule has 0 saturated carbocycles. The van der Waals surface area contributed by atoms with Gasteiger partial charge in [0.25, 0.3) is 0 Å². The van der Waals surface area contributed by atoms with E-state index < -0.39 is 0 Å². The van der Waals surface area contributed by atoms with E-state index in [-0.39, 0.29) is 5.91 Å². The Labute approximate surface area is 108 Å². The zero-order valence-corrected chi connectivity index (χ0v) is 11.1. The molecule has 0 aliphatic carbocycles. The summed E-state index contributed by atoms with van der Waals surface area (Å²) >= 11 is 7.51. The van der Waals surface area contributed by atoms with Crippen LogP contribution in [0.5, 0.6) is 0 Å². The minimum atomic E-state index is -0.0475. The Hall–Kier alpha value is -1.33. The molecule has 0 fully saturated rings.